The van der Waals surface area contributed by atoms with Crippen molar-refractivity contribution in [1.29, 1.82) is 0 Å². The summed E-state index contributed by atoms with van der Waals surface area (Å²) in [6, 6.07) is 4.06. The molecule has 7 heteroatoms. The van der Waals surface area contributed by atoms with Crippen LogP contribution in [0.1, 0.15) is 13.8 Å². The van der Waals surface area contributed by atoms with Gasteiger partial charge in [-0.2, -0.15) is 4.98 Å². The molecule has 0 spiro atoms. The van der Waals surface area contributed by atoms with Crippen molar-refractivity contribution in [3.63, 3.8) is 0 Å². The molecule has 2 aromatic heterocycles. The molecule has 3 heterocycles. The first kappa shape index (κ1) is 13.9. The molecular weight excluding hydrogens is 292 g/mol. The Morgan fingerprint density at radius 2 is 2.20 bits per heavy atom. The lowest BCUT2D eigenvalue weighted by Gasteiger charge is -2.35. The normalized spacial score (nSPS) is 24.1. The van der Waals surface area contributed by atoms with Gasteiger partial charge in [0, 0.05) is 13.1 Å². The largest absolute Gasteiger partial charge is 0.373 e. The fraction of sp³-hybridized carbons (Fsp3) is 0.538. The second kappa shape index (κ2) is 5.77. The topological polar surface area (TPSA) is 46.1 Å². The predicted molar refractivity (Wildman–Crippen MR) is 82.3 cm³/mol. The van der Waals surface area contributed by atoms with Gasteiger partial charge in [-0.25, -0.2) is 4.68 Å². The molecule has 0 bridgehead atoms. The van der Waals surface area contributed by atoms with E-state index in [9.17, 15) is 0 Å². The van der Waals surface area contributed by atoms with Gasteiger partial charge in [0.2, 0.25) is 4.77 Å². The second-order valence-electron chi connectivity index (χ2n) is 5.19. The zero-order valence-corrected chi connectivity index (χ0v) is 13.2. The summed E-state index contributed by atoms with van der Waals surface area (Å²) in [4.78, 5) is 7.88. The fourth-order valence-corrected chi connectivity index (χ4v) is 3.43. The smallest absolute Gasteiger partial charge is 0.217 e. The summed E-state index contributed by atoms with van der Waals surface area (Å²) in [6.07, 6.45) is 0.514. The maximum Gasteiger partial charge on any atom is 0.217 e. The Bertz CT molecular complexity index is 609. The van der Waals surface area contributed by atoms with E-state index in [4.69, 9.17) is 17.0 Å². The second-order valence-corrected chi connectivity index (χ2v) is 6.51. The standard InChI is InChI=1S/C13H18N4OS2/c1-9-6-16(7-10(2)18-9)8-17-13(19)14-12(15-17)11-4-3-5-20-11/h3-5,9-10H,6-8H2,1-2H3,(H,14,15,19)/t9-,10+. The quantitative estimate of drug-likeness (QED) is 0.886. The summed E-state index contributed by atoms with van der Waals surface area (Å²) in [5.41, 5.74) is 0. The molecule has 0 radical (unpaired) electrons. The Hall–Kier alpha value is -1.02. The number of nitrogens with one attached hydrogen (secondary N) is 1. The highest BCUT2D eigenvalue weighted by molar-refractivity contribution is 7.71. The molecule has 1 saturated heterocycles. The van der Waals surface area contributed by atoms with Crippen LogP contribution in [-0.2, 0) is 11.4 Å². The number of thiophene rings is 1. The summed E-state index contributed by atoms with van der Waals surface area (Å²) >= 11 is 7.00. The minimum atomic E-state index is 0.257. The minimum absolute atomic E-state index is 0.257. The van der Waals surface area contributed by atoms with Crippen LogP contribution in [0, 0.1) is 4.77 Å². The van der Waals surface area contributed by atoms with Gasteiger partial charge in [0.25, 0.3) is 0 Å². The van der Waals surface area contributed by atoms with Crippen molar-refractivity contribution >= 4 is 23.6 Å². The molecule has 0 saturated carbocycles. The summed E-state index contributed by atoms with van der Waals surface area (Å²) in [7, 11) is 0. The Morgan fingerprint density at radius 1 is 1.45 bits per heavy atom. The van der Waals surface area contributed by atoms with Crippen LogP contribution in [0.2, 0.25) is 0 Å². The highest BCUT2D eigenvalue weighted by Gasteiger charge is 2.22. The SMILES string of the molecule is C[C@@H]1CN(Cn2[nH]c(-c3cccs3)nc2=S)C[C@H](C)O1. The molecule has 108 valence electrons. The molecule has 0 amide bonds. The summed E-state index contributed by atoms with van der Waals surface area (Å²) in [6.45, 7) is 6.77. The lowest BCUT2D eigenvalue weighted by atomic mass is 10.2. The molecule has 0 aliphatic carbocycles. The van der Waals surface area contributed by atoms with Gasteiger partial charge >= 0.3 is 0 Å². The molecule has 0 aromatic carbocycles. The van der Waals surface area contributed by atoms with Crippen molar-refractivity contribution in [3.05, 3.63) is 22.3 Å². The molecule has 3 rings (SSSR count). The van der Waals surface area contributed by atoms with Crippen LogP contribution < -0.4 is 0 Å². The van der Waals surface area contributed by atoms with Crippen LogP contribution in [0.5, 0.6) is 0 Å². The molecule has 2 atom stereocenters. The maximum atomic E-state index is 5.75. The Morgan fingerprint density at radius 3 is 2.85 bits per heavy atom. The van der Waals surface area contributed by atoms with Crippen LogP contribution in [0.25, 0.3) is 10.7 Å². The fourth-order valence-electron chi connectivity index (χ4n) is 2.58. The first-order valence-electron chi connectivity index (χ1n) is 6.70. The lowest BCUT2D eigenvalue weighted by molar-refractivity contribution is -0.0776. The Kier molecular flexibility index (Phi) is 4.02. The van der Waals surface area contributed by atoms with Gasteiger partial charge < -0.3 is 4.74 Å². The van der Waals surface area contributed by atoms with Gasteiger partial charge in [0.05, 0.1) is 23.8 Å². The summed E-state index contributed by atoms with van der Waals surface area (Å²) < 4.78 is 8.27. The van der Waals surface area contributed by atoms with Gasteiger partial charge in [0.15, 0.2) is 5.82 Å². The number of ether oxygens (including phenoxy) is 1. The van der Waals surface area contributed by atoms with Gasteiger partial charge in [0.1, 0.15) is 0 Å². The third-order valence-corrected chi connectivity index (χ3v) is 4.46. The highest BCUT2D eigenvalue weighted by atomic mass is 32.1. The van der Waals surface area contributed by atoms with Crippen LogP contribution in [0.3, 0.4) is 0 Å². The highest BCUT2D eigenvalue weighted by Crippen LogP contribution is 2.21. The number of morpholine rings is 1. The van der Waals surface area contributed by atoms with Crippen molar-refractivity contribution in [3.8, 4) is 10.7 Å². The minimum Gasteiger partial charge on any atom is -0.373 e. The van der Waals surface area contributed by atoms with Gasteiger partial charge in [-0.1, -0.05) is 6.07 Å². The van der Waals surface area contributed by atoms with Crippen LogP contribution in [-0.4, -0.2) is 45.0 Å². The van der Waals surface area contributed by atoms with Crippen molar-refractivity contribution in [1.82, 2.24) is 19.7 Å². The molecule has 0 unspecified atom stereocenters. The molecule has 5 nitrogen and oxygen atoms in total. The van der Waals surface area contributed by atoms with Crippen LogP contribution in [0.4, 0.5) is 0 Å². The number of H-pyrrole nitrogens is 1. The van der Waals surface area contributed by atoms with Crippen molar-refractivity contribution < 1.29 is 4.74 Å². The molecule has 1 N–H and O–H groups in total. The molecule has 20 heavy (non-hydrogen) atoms. The Balaban J connectivity index is 1.76. The van der Waals surface area contributed by atoms with E-state index < -0.39 is 0 Å². The van der Waals surface area contributed by atoms with E-state index in [2.05, 4.69) is 28.8 Å². The number of hydrogen-bond donors (Lipinski definition) is 1. The number of aromatic nitrogens is 3. The molecule has 1 aliphatic rings. The Labute approximate surface area is 127 Å². The van der Waals surface area contributed by atoms with E-state index in [1.807, 2.05) is 22.2 Å². The zero-order valence-electron chi connectivity index (χ0n) is 11.6. The van der Waals surface area contributed by atoms with Gasteiger partial charge in [-0.05, 0) is 37.5 Å². The molecule has 1 fully saturated rings. The number of rotatable bonds is 3. The number of nitrogens with zero attached hydrogens (tertiary/aromatic N) is 3. The van der Waals surface area contributed by atoms with E-state index in [0.717, 1.165) is 30.5 Å². The van der Waals surface area contributed by atoms with Crippen molar-refractivity contribution in [2.75, 3.05) is 13.1 Å². The first-order chi connectivity index (χ1) is 9.61. The average molecular weight is 310 g/mol. The average Bonchev–Trinajstić information content (AvgIpc) is 2.98. The first-order valence-corrected chi connectivity index (χ1v) is 7.99. The van der Waals surface area contributed by atoms with E-state index in [1.165, 1.54) is 0 Å². The third-order valence-electron chi connectivity index (χ3n) is 3.27. The van der Waals surface area contributed by atoms with Crippen molar-refractivity contribution in [2.45, 2.75) is 32.7 Å². The lowest BCUT2D eigenvalue weighted by Crippen LogP contribution is -2.46. The zero-order chi connectivity index (χ0) is 14.1. The van der Waals surface area contributed by atoms with E-state index in [-0.39, 0.29) is 12.2 Å². The number of aromatic amines is 1. The van der Waals surface area contributed by atoms with Crippen molar-refractivity contribution in [2.24, 2.45) is 0 Å². The maximum absolute atomic E-state index is 5.75. The van der Waals surface area contributed by atoms with Crippen LogP contribution in [0.15, 0.2) is 17.5 Å². The molecular formula is C13H18N4OS2. The van der Waals surface area contributed by atoms with E-state index in [0.29, 0.717) is 4.77 Å². The summed E-state index contributed by atoms with van der Waals surface area (Å²) in [5.74, 6) is 0.847. The van der Waals surface area contributed by atoms with E-state index in [1.54, 1.807) is 11.3 Å². The molecule has 1 aliphatic heterocycles. The monoisotopic (exact) mass is 310 g/mol. The third kappa shape index (κ3) is 3.01. The van der Waals surface area contributed by atoms with Crippen LogP contribution >= 0.6 is 23.6 Å². The summed E-state index contributed by atoms with van der Waals surface area (Å²) in [5, 5.41) is 5.33. The predicted octanol–water partition coefficient (Wildman–Crippen LogP) is 2.74. The number of hydrogen-bond acceptors (Lipinski definition) is 5. The van der Waals surface area contributed by atoms with E-state index >= 15 is 0 Å². The van der Waals surface area contributed by atoms with Gasteiger partial charge in [-0.3, -0.25) is 10.00 Å². The molecule has 2 aromatic rings. The van der Waals surface area contributed by atoms with Gasteiger partial charge in [-0.15, -0.1) is 11.3 Å².